The molecule has 2 N–H and O–H groups in total. The lowest BCUT2D eigenvalue weighted by molar-refractivity contribution is 0.0168. The van der Waals surface area contributed by atoms with Crippen LogP contribution in [-0.2, 0) is 4.74 Å². The second-order valence-corrected chi connectivity index (χ2v) is 9.10. The van der Waals surface area contributed by atoms with Gasteiger partial charge >= 0.3 is 6.09 Å². The van der Waals surface area contributed by atoms with Crippen LogP contribution in [-0.4, -0.2) is 79.8 Å². The molecule has 0 radical (unpaired) electrons. The summed E-state index contributed by atoms with van der Waals surface area (Å²) in [4.78, 5) is 21.0. The van der Waals surface area contributed by atoms with Gasteiger partial charge in [-0.1, -0.05) is 13.8 Å². The molecule has 0 aromatic carbocycles. The number of hydrogen-bond donors (Lipinski definition) is 2. The van der Waals surface area contributed by atoms with Gasteiger partial charge in [0.25, 0.3) is 0 Å². The van der Waals surface area contributed by atoms with Crippen molar-refractivity contribution in [3.63, 3.8) is 0 Å². The number of rotatable bonds is 9. The number of carbonyl (C=O) groups excluding carboxylic acids is 1. The standard InChI is InChI=1S/C22H45N5O2/c1-8-26(9-2)14-10-12-18(3)25-20(23-7)24-16-19-13-11-15-27(17-19)21(28)29-22(4,5)6/h18-19H,8-17H2,1-7H3,(H2,23,24,25). The van der Waals surface area contributed by atoms with Crippen molar-refractivity contribution in [2.75, 3.05) is 46.3 Å². The Balaban J connectivity index is 2.37. The predicted octanol–water partition coefficient (Wildman–Crippen LogP) is 3.31. The van der Waals surface area contributed by atoms with E-state index in [1.807, 2.05) is 32.7 Å². The molecule has 2 unspecified atom stereocenters. The van der Waals surface area contributed by atoms with Gasteiger partial charge in [-0.25, -0.2) is 4.79 Å². The number of guanidine groups is 1. The average Bonchev–Trinajstić information content (AvgIpc) is 2.67. The molecule has 1 amide bonds. The first-order valence-corrected chi connectivity index (χ1v) is 11.4. The van der Waals surface area contributed by atoms with Gasteiger partial charge in [0, 0.05) is 32.7 Å². The fourth-order valence-corrected chi connectivity index (χ4v) is 3.63. The highest BCUT2D eigenvalue weighted by Crippen LogP contribution is 2.18. The lowest BCUT2D eigenvalue weighted by atomic mass is 9.98. The Bertz CT molecular complexity index is 500. The van der Waals surface area contributed by atoms with E-state index in [1.54, 1.807) is 0 Å². The second kappa shape index (κ2) is 12.9. The van der Waals surface area contributed by atoms with Crippen LogP contribution in [0, 0.1) is 5.92 Å². The quantitative estimate of drug-likeness (QED) is 0.450. The topological polar surface area (TPSA) is 69.2 Å². The number of ether oxygens (including phenoxy) is 1. The molecule has 2 atom stereocenters. The predicted molar refractivity (Wildman–Crippen MR) is 122 cm³/mol. The minimum absolute atomic E-state index is 0.202. The molecule has 1 aliphatic heterocycles. The Morgan fingerprint density at radius 2 is 2.00 bits per heavy atom. The molecule has 7 nitrogen and oxygen atoms in total. The van der Waals surface area contributed by atoms with Crippen molar-refractivity contribution >= 4 is 12.1 Å². The van der Waals surface area contributed by atoms with Crippen LogP contribution in [0.5, 0.6) is 0 Å². The SMILES string of the molecule is CCN(CC)CCCC(C)NC(=NC)NCC1CCCN(C(=O)OC(C)(C)C)C1. The third-order valence-corrected chi connectivity index (χ3v) is 5.34. The monoisotopic (exact) mass is 411 g/mol. The summed E-state index contributed by atoms with van der Waals surface area (Å²) in [6.07, 6.45) is 4.22. The summed E-state index contributed by atoms with van der Waals surface area (Å²) >= 11 is 0. The summed E-state index contributed by atoms with van der Waals surface area (Å²) < 4.78 is 5.52. The van der Waals surface area contributed by atoms with Gasteiger partial charge in [-0.3, -0.25) is 4.99 Å². The van der Waals surface area contributed by atoms with E-state index in [0.717, 1.165) is 64.5 Å². The van der Waals surface area contributed by atoms with Crippen LogP contribution < -0.4 is 10.6 Å². The van der Waals surface area contributed by atoms with Gasteiger partial charge < -0.3 is 25.2 Å². The molecule has 1 aliphatic rings. The summed E-state index contributed by atoms with van der Waals surface area (Å²) in [6.45, 7) is 18.1. The number of nitrogens with one attached hydrogen (secondary N) is 2. The Hall–Kier alpha value is -1.50. The Morgan fingerprint density at radius 3 is 2.59 bits per heavy atom. The summed E-state index contributed by atoms with van der Waals surface area (Å²) in [5.74, 6) is 1.25. The van der Waals surface area contributed by atoms with Crippen molar-refractivity contribution in [3.8, 4) is 0 Å². The van der Waals surface area contributed by atoms with E-state index in [9.17, 15) is 4.79 Å². The van der Waals surface area contributed by atoms with Crippen LogP contribution in [0.3, 0.4) is 0 Å². The third kappa shape index (κ3) is 10.7. The fourth-order valence-electron chi connectivity index (χ4n) is 3.63. The lowest BCUT2D eigenvalue weighted by Crippen LogP contribution is -2.48. The highest BCUT2D eigenvalue weighted by atomic mass is 16.6. The number of piperidine rings is 1. The van der Waals surface area contributed by atoms with Crippen molar-refractivity contribution in [1.29, 1.82) is 0 Å². The zero-order valence-electron chi connectivity index (χ0n) is 19.9. The van der Waals surface area contributed by atoms with Crippen molar-refractivity contribution in [3.05, 3.63) is 0 Å². The van der Waals surface area contributed by atoms with Crippen LogP contribution in [0.15, 0.2) is 4.99 Å². The molecular weight excluding hydrogens is 366 g/mol. The van der Waals surface area contributed by atoms with Gasteiger partial charge in [-0.05, 0) is 78.9 Å². The first-order valence-electron chi connectivity index (χ1n) is 11.4. The van der Waals surface area contributed by atoms with Gasteiger partial charge in [-0.2, -0.15) is 0 Å². The summed E-state index contributed by atoms with van der Waals surface area (Å²) in [5.41, 5.74) is -0.449. The number of likely N-dealkylation sites (tertiary alicyclic amines) is 1. The molecule has 0 aromatic heterocycles. The molecule has 29 heavy (non-hydrogen) atoms. The second-order valence-electron chi connectivity index (χ2n) is 9.10. The van der Waals surface area contributed by atoms with Crippen LogP contribution in [0.25, 0.3) is 0 Å². The van der Waals surface area contributed by atoms with E-state index in [2.05, 4.69) is 41.3 Å². The van der Waals surface area contributed by atoms with E-state index >= 15 is 0 Å². The molecule has 0 bridgehead atoms. The summed E-state index contributed by atoms with van der Waals surface area (Å²) in [6, 6.07) is 0.376. The number of hydrogen-bond acceptors (Lipinski definition) is 4. The van der Waals surface area contributed by atoms with E-state index in [0.29, 0.717) is 12.0 Å². The van der Waals surface area contributed by atoms with Crippen molar-refractivity contribution < 1.29 is 9.53 Å². The molecule has 170 valence electrons. The maximum Gasteiger partial charge on any atom is 0.410 e. The number of carbonyl (C=O) groups is 1. The molecule has 7 heteroatoms. The Labute approximate surface area is 178 Å². The molecular formula is C22H45N5O2. The largest absolute Gasteiger partial charge is 0.444 e. The first-order chi connectivity index (χ1) is 13.7. The molecule has 0 aromatic rings. The number of amides is 1. The van der Waals surface area contributed by atoms with Crippen LogP contribution in [0.4, 0.5) is 4.79 Å². The Morgan fingerprint density at radius 1 is 1.31 bits per heavy atom. The summed E-state index contributed by atoms with van der Waals surface area (Å²) in [5, 5.41) is 6.95. The van der Waals surface area contributed by atoms with Crippen LogP contribution in [0.1, 0.15) is 67.2 Å². The van der Waals surface area contributed by atoms with Gasteiger partial charge in [0.15, 0.2) is 5.96 Å². The fraction of sp³-hybridized carbons (Fsp3) is 0.909. The summed E-state index contributed by atoms with van der Waals surface area (Å²) in [7, 11) is 1.81. The zero-order valence-corrected chi connectivity index (χ0v) is 19.9. The van der Waals surface area contributed by atoms with Crippen molar-refractivity contribution in [1.82, 2.24) is 20.4 Å². The molecule has 1 rings (SSSR count). The Kier molecular flexibility index (Phi) is 11.4. The smallest absolute Gasteiger partial charge is 0.410 e. The van der Waals surface area contributed by atoms with Crippen LogP contribution in [0.2, 0.25) is 0 Å². The minimum Gasteiger partial charge on any atom is -0.444 e. The van der Waals surface area contributed by atoms with Crippen LogP contribution >= 0.6 is 0 Å². The first kappa shape index (κ1) is 25.5. The third-order valence-electron chi connectivity index (χ3n) is 5.34. The molecule has 0 spiro atoms. The maximum atomic E-state index is 12.3. The van der Waals surface area contributed by atoms with Crippen molar-refractivity contribution in [2.24, 2.45) is 10.9 Å². The number of nitrogens with zero attached hydrogens (tertiary/aromatic N) is 3. The van der Waals surface area contributed by atoms with E-state index in [-0.39, 0.29) is 6.09 Å². The molecule has 0 saturated carbocycles. The molecule has 0 aliphatic carbocycles. The van der Waals surface area contributed by atoms with Gasteiger partial charge in [0.05, 0.1) is 0 Å². The van der Waals surface area contributed by atoms with E-state index in [1.165, 1.54) is 6.42 Å². The highest BCUT2D eigenvalue weighted by Gasteiger charge is 2.27. The molecule has 1 fully saturated rings. The average molecular weight is 412 g/mol. The van der Waals surface area contributed by atoms with Crippen molar-refractivity contribution in [2.45, 2.75) is 78.9 Å². The van der Waals surface area contributed by atoms with E-state index < -0.39 is 5.60 Å². The van der Waals surface area contributed by atoms with Gasteiger partial charge in [0.1, 0.15) is 5.60 Å². The normalized spacial score (nSPS) is 19.2. The lowest BCUT2D eigenvalue weighted by Gasteiger charge is -2.34. The minimum atomic E-state index is -0.449. The van der Waals surface area contributed by atoms with E-state index in [4.69, 9.17) is 4.74 Å². The van der Waals surface area contributed by atoms with Gasteiger partial charge in [0.2, 0.25) is 0 Å². The zero-order chi connectivity index (χ0) is 21.9. The van der Waals surface area contributed by atoms with Gasteiger partial charge in [-0.15, -0.1) is 0 Å². The maximum absolute atomic E-state index is 12.3. The number of aliphatic imine (C=N–C) groups is 1. The highest BCUT2D eigenvalue weighted by molar-refractivity contribution is 5.79. The molecule has 1 saturated heterocycles. The molecule has 1 heterocycles.